The van der Waals surface area contributed by atoms with Crippen LogP contribution in [0.4, 0.5) is 5.69 Å². The highest BCUT2D eigenvalue weighted by Crippen LogP contribution is 2.71. The van der Waals surface area contributed by atoms with Gasteiger partial charge >= 0.3 is 11.9 Å². The standard InChI is InChI=1S/C22H24ClN3O8S3/c1-9(27)33-16-21(34-10(2)28)11-8-12(23)14(31-6)15(32-7)13(11)24(4)17(21)26-18(29)20(3)25(5)19(30)22(16,26)36-37-35-20/h8,16-17H,1-7H3. The molecule has 4 fully saturated rings. The fourth-order valence-corrected chi connectivity index (χ4v) is 12.0. The van der Waals surface area contributed by atoms with Crippen molar-refractivity contribution in [2.24, 2.45) is 0 Å². The van der Waals surface area contributed by atoms with E-state index in [1.54, 1.807) is 25.9 Å². The number of benzene rings is 1. The number of halogens is 1. The number of piperazine rings is 1. The number of methoxy groups -OCH3 is 2. The van der Waals surface area contributed by atoms with Gasteiger partial charge in [-0.15, -0.1) is 0 Å². The van der Waals surface area contributed by atoms with Crippen molar-refractivity contribution >= 4 is 72.5 Å². The molecule has 0 aliphatic carbocycles. The summed E-state index contributed by atoms with van der Waals surface area (Å²) in [4.78, 5) is 55.2. The van der Waals surface area contributed by atoms with Gasteiger partial charge in [0.1, 0.15) is 0 Å². The average Bonchev–Trinajstić information content (AvgIpc) is 3.10. The van der Waals surface area contributed by atoms with E-state index in [9.17, 15) is 19.2 Å². The lowest BCUT2D eigenvalue weighted by atomic mass is 9.86. The summed E-state index contributed by atoms with van der Waals surface area (Å²) in [5.74, 6) is -1.80. The van der Waals surface area contributed by atoms with Gasteiger partial charge in [-0.3, -0.25) is 24.1 Å². The summed E-state index contributed by atoms with van der Waals surface area (Å²) in [5, 5.41) is 0.142. The zero-order valence-corrected chi connectivity index (χ0v) is 24.1. The summed E-state index contributed by atoms with van der Waals surface area (Å²) >= 11 is 6.60. The van der Waals surface area contributed by atoms with Crippen LogP contribution >= 0.6 is 43.0 Å². The van der Waals surface area contributed by atoms with E-state index in [4.69, 9.17) is 30.5 Å². The second kappa shape index (κ2) is 8.42. The predicted octanol–water partition coefficient (Wildman–Crippen LogP) is 2.59. The third-order valence-corrected chi connectivity index (χ3v) is 12.7. The maximum atomic E-state index is 14.3. The summed E-state index contributed by atoms with van der Waals surface area (Å²) in [6.07, 6.45) is -2.51. The van der Waals surface area contributed by atoms with E-state index in [-0.39, 0.29) is 16.5 Å². The molecule has 5 aliphatic heterocycles. The van der Waals surface area contributed by atoms with Crippen molar-refractivity contribution in [1.82, 2.24) is 9.80 Å². The summed E-state index contributed by atoms with van der Waals surface area (Å²) in [5.41, 5.74) is -1.08. The number of hydrogen-bond acceptors (Lipinski definition) is 12. The summed E-state index contributed by atoms with van der Waals surface area (Å²) in [6.45, 7) is 4.07. The molecule has 0 N–H and O–H groups in total. The third-order valence-electron chi connectivity index (χ3n) is 7.26. The van der Waals surface area contributed by atoms with Gasteiger partial charge in [-0.25, -0.2) is 0 Å². The minimum Gasteiger partial charge on any atom is -0.491 e. The number of nitrogens with zero attached hydrogens (tertiary/aromatic N) is 3. The molecule has 15 heteroatoms. The molecule has 5 aliphatic rings. The van der Waals surface area contributed by atoms with Crippen molar-refractivity contribution in [1.29, 1.82) is 0 Å². The second-order valence-electron chi connectivity index (χ2n) is 9.14. The lowest BCUT2D eigenvalue weighted by Gasteiger charge is -2.50. The Morgan fingerprint density at radius 2 is 1.68 bits per heavy atom. The molecule has 2 bridgehead atoms. The van der Waals surface area contributed by atoms with Gasteiger partial charge < -0.3 is 28.7 Å². The number of carbonyl (C=O) groups is 4. The van der Waals surface area contributed by atoms with Gasteiger partial charge in [0.15, 0.2) is 28.6 Å². The van der Waals surface area contributed by atoms with Crippen LogP contribution in [0.2, 0.25) is 5.02 Å². The maximum absolute atomic E-state index is 14.3. The molecule has 0 saturated carbocycles. The van der Waals surface area contributed by atoms with Gasteiger partial charge in [0.05, 0.1) is 24.9 Å². The molecule has 5 unspecified atom stereocenters. The molecule has 5 heterocycles. The van der Waals surface area contributed by atoms with E-state index in [0.717, 1.165) is 10.8 Å². The number of carbonyl (C=O) groups excluding carboxylic acids is 4. The Balaban J connectivity index is 1.92. The predicted molar refractivity (Wildman–Crippen MR) is 139 cm³/mol. The largest absolute Gasteiger partial charge is 0.491 e. The zero-order chi connectivity index (χ0) is 27.2. The molecule has 1 spiro atoms. The van der Waals surface area contributed by atoms with E-state index < -0.39 is 51.4 Å². The minimum absolute atomic E-state index is 0.142. The molecule has 1 aromatic rings. The monoisotopic (exact) mass is 589 g/mol. The normalized spacial score (nSPS) is 33.6. The first-order valence-corrected chi connectivity index (χ1v) is 14.9. The number of anilines is 1. The van der Waals surface area contributed by atoms with Crippen molar-refractivity contribution in [2.75, 3.05) is 33.2 Å². The van der Waals surface area contributed by atoms with Gasteiger partial charge in [0, 0.05) is 33.5 Å². The molecule has 1 aromatic carbocycles. The van der Waals surface area contributed by atoms with Crippen molar-refractivity contribution in [2.45, 2.75) is 48.4 Å². The maximum Gasteiger partial charge on any atom is 0.303 e. The number of fused-ring (bicyclic) bond motifs is 6. The van der Waals surface area contributed by atoms with E-state index in [1.165, 1.54) is 64.6 Å². The topological polar surface area (TPSA) is 115 Å². The smallest absolute Gasteiger partial charge is 0.303 e. The average molecular weight is 590 g/mol. The van der Waals surface area contributed by atoms with Crippen molar-refractivity contribution in [3.05, 3.63) is 16.7 Å². The Hall–Kier alpha value is -2.16. The van der Waals surface area contributed by atoms with Crippen LogP contribution in [0.25, 0.3) is 0 Å². The lowest BCUT2D eigenvalue weighted by Crippen LogP contribution is -2.74. The van der Waals surface area contributed by atoms with Crippen molar-refractivity contribution in [3.63, 3.8) is 0 Å². The van der Waals surface area contributed by atoms with Crippen LogP contribution in [-0.4, -0.2) is 83.9 Å². The highest BCUT2D eigenvalue weighted by molar-refractivity contribution is 9.10. The molecule has 5 atom stereocenters. The highest BCUT2D eigenvalue weighted by Gasteiger charge is 2.84. The quantitative estimate of drug-likeness (QED) is 0.380. The first-order valence-electron chi connectivity index (χ1n) is 11.0. The first kappa shape index (κ1) is 26.4. The lowest BCUT2D eigenvalue weighted by molar-refractivity contribution is -0.185. The molecule has 200 valence electrons. The Morgan fingerprint density at radius 3 is 2.24 bits per heavy atom. The fraction of sp³-hybridized carbons (Fsp3) is 0.545. The van der Waals surface area contributed by atoms with E-state index in [2.05, 4.69) is 0 Å². The first-order chi connectivity index (χ1) is 17.3. The summed E-state index contributed by atoms with van der Waals surface area (Å²) in [6, 6.07) is 1.54. The molecular weight excluding hydrogens is 566 g/mol. The molecule has 6 rings (SSSR count). The van der Waals surface area contributed by atoms with Gasteiger partial charge in [0.2, 0.25) is 10.5 Å². The molecule has 0 radical (unpaired) electrons. The highest BCUT2D eigenvalue weighted by atomic mass is 35.5. The van der Waals surface area contributed by atoms with Crippen LogP contribution < -0.4 is 14.4 Å². The molecule has 4 saturated heterocycles. The van der Waals surface area contributed by atoms with Crippen molar-refractivity contribution in [3.8, 4) is 11.5 Å². The van der Waals surface area contributed by atoms with Crippen LogP contribution in [0.5, 0.6) is 11.5 Å². The van der Waals surface area contributed by atoms with Crippen LogP contribution in [-0.2, 0) is 34.3 Å². The Kier molecular flexibility index (Phi) is 6.02. The molecule has 37 heavy (non-hydrogen) atoms. The van der Waals surface area contributed by atoms with E-state index in [0.29, 0.717) is 11.3 Å². The Bertz CT molecular complexity index is 1270. The SMILES string of the molecule is COc1c(Cl)cc2c(c1OC)N(C)C1N3C(=O)C4(C)SSSC3(C(=O)N4C)C(OC(C)=O)C21OC(C)=O. The van der Waals surface area contributed by atoms with Gasteiger partial charge in [-0.2, -0.15) is 0 Å². The van der Waals surface area contributed by atoms with Gasteiger partial charge in [-0.1, -0.05) is 11.6 Å². The third kappa shape index (κ3) is 3.01. The minimum atomic E-state index is -1.82. The summed E-state index contributed by atoms with van der Waals surface area (Å²) < 4.78 is 23.2. The molecule has 11 nitrogen and oxygen atoms in total. The van der Waals surface area contributed by atoms with Crippen LogP contribution in [0.3, 0.4) is 0 Å². The molecule has 0 aromatic heterocycles. The van der Waals surface area contributed by atoms with Crippen LogP contribution in [0, 0.1) is 0 Å². The number of esters is 2. The number of likely N-dealkylation sites (N-methyl/N-ethyl adjacent to an activating group) is 2. The molecular formula is C22H24ClN3O8S3. The number of ether oxygens (including phenoxy) is 4. The Morgan fingerprint density at radius 1 is 1.03 bits per heavy atom. The second-order valence-corrected chi connectivity index (χ2v) is 14.1. The van der Waals surface area contributed by atoms with E-state index >= 15 is 0 Å². The zero-order valence-electron chi connectivity index (χ0n) is 20.9. The van der Waals surface area contributed by atoms with Crippen LogP contribution in [0.1, 0.15) is 26.3 Å². The van der Waals surface area contributed by atoms with E-state index in [1.807, 2.05) is 0 Å². The molecule has 2 amide bonds. The summed E-state index contributed by atoms with van der Waals surface area (Å²) in [7, 11) is 9.66. The fourth-order valence-electron chi connectivity index (χ4n) is 5.77. The van der Waals surface area contributed by atoms with Crippen LogP contribution in [0.15, 0.2) is 6.07 Å². The van der Waals surface area contributed by atoms with Crippen molar-refractivity contribution < 1.29 is 38.1 Å². The Labute approximate surface area is 229 Å². The number of amides is 2. The number of hydrogen-bond donors (Lipinski definition) is 0. The van der Waals surface area contributed by atoms with Gasteiger partial charge in [0.25, 0.3) is 11.8 Å². The van der Waals surface area contributed by atoms with Gasteiger partial charge in [-0.05, 0) is 44.4 Å². The number of rotatable bonds is 4.